The van der Waals surface area contributed by atoms with Crippen molar-refractivity contribution in [2.45, 2.75) is 70.4 Å². The molecule has 3 atom stereocenters. The Morgan fingerprint density at radius 2 is 1.95 bits per heavy atom. The smallest absolute Gasteiger partial charge is 0.0345 e. The minimum atomic E-state index is 0.602. The Hall–Kier alpha value is -1.02. The summed E-state index contributed by atoms with van der Waals surface area (Å²) in [6.07, 6.45) is 8.23. The second-order valence-electron chi connectivity index (χ2n) is 7.18. The van der Waals surface area contributed by atoms with Crippen LogP contribution in [0, 0.1) is 5.92 Å². The van der Waals surface area contributed by atoms with Crippen LogP contribution >= 0.6 is 0 Å². The molecule has 0 aromatic heterocycles. The van der Waals surface area contributed by atoms with Crippen LogP contribution in [0.1, 0.15) is 63.9 Å². The van der Waals surface area contributed by atoms with Gasteiger partial charge in [-0.2, -0.15) is 0 Å². The quantitative estimate of drug-likeness (QED) is 0.849. The minimum Gasteiger partial charge on any atom is -0.382 e. The third kappa shape index (κ3) is 3.60. The third-order valence-corrected chi connectivity index (χ3v) is 5.34. The molecule has 3 rings (SSSR count). The fourth-order valence-corrected chi connectivity index (χ4v) is 4.10. The van der Waals surface area contributed by atoms with Crippen LogP contribution < -0.4 is 10.6 Å². The predicted octanol–water partition coefficient (Wildman–Crippen LogP) is 4.53. The van der Waals surface area contributed by atoms with E-state index in [1.165, 1.54) is 56.3 Å². The van der Waals surface area contributed by atoms with Gasteiger partial charge in [-0.15, -0.1) is 0 Å². The molecule has 0 amide bonds. The first-order chi connectivity index (χ1) is 10.2. The molecule has 21 heavy (non-hydrogen) atoms. The molecule has 2 aliphatic rings. The summed E-state index contributed by atoms with van der Waals surface area (Å²) >= 11 is 0. The first-order valence-corrected chi connectivity index (χ1v) is 8.84. The van der Waals surface area contributed by atoms with Gasteiger partial charge in [0.25, 0.3) is 0 Å². The number of hydrogen-bond acceptors (Lipinski definition) is 2. The van der Waals surface area contributed by atoms with Gasteiger partial charge in [0.15, 0.2) is 0 Å². The zero-order valence-corrected chi connectivity index (χ0v) is 13.6. The van der Waals surface area contributed by atoms with Gasteiger partial charge in [-0.25, -0.2) is 0 Å². The van der Waals surface area contributed by atoms with Crippen molar-refractivity contribution in [1.29, 1.82) is 0 Å². The van der Waals surface area contributed by atoms with Gasteiger partial charge >= 0.3 is 0 Å². The lowest BCUT2D eigenvalue weighted by Crippen LogP contribution is -2.43. The van der Waals surface area contributed by atoms with E-state index in [2.05, 4.69) is 48.7 Å². The summed E-state index contributed by atoms with van der Waals surface area (Å²) in [6, 6.07) is 10.4. The summed E-state index contributed by atoms with van der Waals surface area (Å²) in [5, 5.41) is 7.59. The van der Waals surface area contributed by atoms with E-state index in [4.69, 9.17) is 0 Å². The van der Waals surface area contributed by atoms with E-state index in [9.17, 15) is 0 Å². The molecule has 1 aliphatic heterocycles. The van der Waals surface area contributed by atoms with E-state index in [1.54, 1.807) is 0 Å². The second-order valence-corrected chi connectivity index (χ2v) is 7.18. The molecule has 0 radical (unpaired) electrons. The highest BCUT2D eigenvalue weighted by molar-refractivity contribution is 5.47. The molecule has 0 bridgehead atoms. The van der Waals surface area contributed by atoms with Gasteiger partial charge in [-0.05, 0) is 61.8 Å². The van der Waals surface area contributed by atoms with Crippen LogP contribution in [0.5, 0.6) is 0 Å². The molecule has 1 aromatic carbocycles. The Balaban J connectivity index is 1.70. The summed E-state index contributed by atoms with van der Waals surface area (Å²) in [6.45, 7) is 5.76. The van der Waals surface area contributed by atoms with Crippen LogP contribution in [0.15, 0.2) is 24.3 Å². The van der Waals surface area contributed by atoms with Crippen molar-refractivity contribution in [3.05, 3.63) is 29.8 Å². The summed E-state index contributed by atoms with van der Waals surface area (Å²) in [5.41, 5.74) is 2.75. The van der Waals surface area contributed by atoms with E-state index in [0.717, 1.165) is 12.0 Å². The Kier molecular flexibility index (Phi) is 4.84. The highest BCUT2D eigenvalue weighted by Gasteiger charge is 2.33. The zero-order chi connectivity index (χ0) is 14.7. The molecule has 1 aliphatic carbocycles. The first-order valence-electron chi connectivity index (χ1n) is 8.84. The molecule has 2 heteroatoms. The van der Waals surface area contributed by atoms with Gasteiger partial charge < -0.3 is 10.6 Å². The molecule has 0 spiro atoms. The van der Waals surface area contributed by atoms with Crippen LogP contribution in [0.25, 0.3) is 0 Å². The molecule has 3 unspecified atom stereocenters. The van der Waals surface area contributed by atoms with E-state index < -0.39 is 0 Å². The van der Waals surface area contributed by atoms with Crippen molar-refractivity contribution in [1.82, 2.24) is 5.32 Å². The Morgan fingerprint density at radius 1 is 1.10 bits per heavy atom. The van der Waals surface area contributed by atoms with Crippen molar-refractivity contribution in [2.75, 3.05) is 11.9 Å². The SMILES string of the molecule is CC(C)c1cccc(NC2CCCCC2C2CCCN2)c1. The van der Waals surface area contributed by atoms with Gasteiger partial charge in [0.2, 0.25) is 0 Å². The van der Waals surface area contributed by atoms with Crippen molar-refractivity contribution in [3.63, 3.8) is 0 Å². The van der Waals surface area contributed by atoms with E-state index in [-0.39, 0.29) is 0 Å². The lowest BCUT2D eigenvalue weighted by atomic mass is 9.79. The molecule has 2 fully saturated rings. The molecule has 116 valence electrons. The zero-order valence-electron chi connectivity index (χ0n) is 13.6. The highest BCUT2D eigenvalue weighted by Crippen LogP contribution is 2.33. The van der Waals surface area contributed by atoms with E-state index in [1.807, 2.05) is 0 Å². The lowest BCUT2D eigenvalue weighted by molar-refractivity contribution is 0.263. The van der Waals surface area contributed by atoms with Crippen LogP contribution in [0.2, 0.25) is 0 Å². The standard InChI is InChI=1S/C19H30N2/c1-14(2)15-7-5-8-16(13-15)21-19-10-4-3-9-17(19)18-11-6-12-20-18/h5,7-8,13-14,17-21H,3-4,6,9-12H2,1-2H3. The molecular formula is C19H30N2. The average Bonchev–Trinajstić information content (AvgIpc) is 3.02. The molecule has 2 N–H and O–H groups in total. The highest BCUT2D eigenvalue weighted by atomic mass is 15.0. The van der Waals surface area contributed by atoms with Gasteiger partial charge in [0.1, 0.15) is 0 Å². The fraction of sp³-hybridized carbons (Fsp3) is 0.684. The monoisotopic (exact) mass is 286 g/mol. The summed E-state index contributed by atoms with van der Waals surface area (Å²) in [7, 11) is 0. The Labute approximate surface area is 129 Å². The number of anilines is 1. The van der Waals surface area contributed by atoms with Crippen LogP contribution in [0.4, 0.5) is 5.69 Å². The predicted molar refractivity (Wildman–Crippen MR) is 90.9 cm³/mol. The number of hydrogen-bond donors (Lipinski definition) is 2. The summed E-state index contributed by atoms with van der Waals surface area (Å²) < 4.78 is 0. The van der Waals surface area contributed by atoms with Gasteiger partial charge in [0.05, 0.1) is 0 Å². The maximum atomic E-state index is 3.86. The van der Waals surface area contributed by atoms with E-state index >= 15 is 0 Å². The molecule has 1 aromatic rings. The van der Waals surface area contributed by atoms with Gasteiger partial charge in [0, 0.05) is 17.8 Å². The van der Waals surface area contributed by atoms with Gasteiger partial charge in [-0.3, -0.25) is 0 Å². The molecule has 1 saturated heterocycles. The van der Waals surface area contributed by atoms with Gasteiger partial charge in [-0.1, -0.05) is 38.8 Å². The largest absolute Gasteiger partial charge is 0.382 e. The van der Waals surface area contributed by atoms with Crippen molar-refractivity contribution in [3.8, 4) is 0 Å². The van der Waals surface area contributed by atoms with Crippen molar-refractivity contribution >= 4 is 5.69 Å². The maximum absolute atomic E-state index is 3.86. The Morgan fingerprint density at radius 3 is 2.71 bits per heavy atom. The molecular weight excluding hydrogens is 256 g/mol. The van der Waals surface area contributed by atoms with Crippen LogP contribution in [-0.2, 0) is 0 Å². The topological polar surface area (TPSA) is 24.1 Å². The normalized spacial score (nSPS) is 29.8. The third-order valence-electron chi connectivity index (χ3n) is 5.34. The van der Waals surface area contributed by atoms with Crippen molar-refractivity contribution in [2.24, 2.45) is 5.92 Å². The molecule has 2 nitrogen and oxygen atoms in total. The number of benzene rings is 1. The number of nitrogens with one attached hydrogen (secondary N) is 2. The maximum Gasteiger partial charge on any atom is 0.0345 e. The minimum absolute atomic E-state index is 0.602. The van der Waals surface area contributed by atoms with Crippen LogP contribution in [0.3, 0.4) is 0 Å². The lowest BCUT2D eigenvalue weighted by Gasteiger charge is -2.37. The molecule has 1 saturated carbocycles. The first kappa shape index (κ1) is 14.9. The summed E-state index contributed by atoms with van der Waals surface area (Å²) in [4.78, 5) is 0. The second kappa shape index (κ2) is 6.83. The van der Waals surface area contributed by atoms with Crippen LogP contribution in [-0.4, -0.2) is 18.6 Å². The summed E-state index contributed by atoms with van der Waals surface area (Å²) in [5.74, 6) is 1.41. The Bertz CT molecular complexity index is 449. The van der Waals surface area contributed by atoms with E-state index in [0.29, 0.717) is 12.0 Å². The average molecular weight is 286 g/mol. The molecule has 1 heterocycles. The van der Waals surface area contributed by atoms with Crippen molar-refractivity contribution < 1.29 is 0 Å². The number of rotatable bonds is 4. The fourth-order valence-electron chi connectivity index (χ4n) is 4.10.